The Bertz CT molecular complexity index is 1410. The van der Waals surface area contributed by atoms with Gasteiger partial charge in [0.25, 0.3) is 0 Å². The Morgan fingerprint density at radius 1 is 1.18 bits per heavy atom. The molecule has 1 heterocycles. The summed E-state index contributed by atoms with van der Waals surface area (Å²) in [5.74, 6) is -4.19. The lowest BCUT2D eigenvalue weighted by Crippen LogP contribution is -2.53. The third-order valence-electron chi connectivity index (χ3n) is 7.78. The van der Waals surface area contributed by atoms with Gasteiger partial charge >= 0.3 is 0 Å². The number of Topliss-reactive ketones (excluding diaryl/α,β-unsaturated/α-hetero) is 1. The molecule has 1 saturated heterocycles. The number of aliphatic hydroxyl groups excluding tert-OH is 2. The first kappa shape index (κ1) is 27.1. The normalized spacial score (nSPS) is 29.8. The molecule has 7 N–H and O–H groups in total. The Balaban J connectivity index is 1.69. The summed E-state index contributed by atoms with van der Waals surface area (Å²) in [6.07, 6.45) is -4.91. The molecular weight excluding hydrogens is 514 g/mol. The van der Waals surface area contributed by atoms with Gasteiger partial charge in [-0.15, -0.1) is 0 Å². The number of hydrogen-bond donors (Lipinski definition) is 6. The Morgan fingerprint density at radius 3 is 2.51 bits per heavy atom. The van der Waals surface area contributed by atoms with E-state index in [0.29, 0.717) is 6.29 Å². The highest BCUT2D eigenvalue weighted by molar-refractivity contribution is 6.32. The van der Waals surface area contributed by atoms with Gasteiger partial charge in [0.15, 0.2) is 29.9 Å². The van der Waals surface area contributed by atoms with Crippen LogP contribution in [0.25, 0.3) is 0 Å². The zero-order valence-electron chi connectivity index (χ0n) is 20.8. The molecule has 39 heavy (non-hydrogen) atoms. The predicted octanol–water partition coefficient (Wildman–Crippen LogP) is -0.195. The Hall–Kier alpha value is -3.52. The number of aldehydes is 1. The van der Waals surface area contributed by atoms with Gasteiger partial charge in [-0.1, -0.05) is 18.2 Å². The van der Waals surface area contributed by atoms with Crippen LogP contribution in [-0.4, -0.2) is 85.9 Å². The number of ether oxygens (including phenoxy) is 2. The summed E-state index contributed by atoms with van der Waals surface area (Å²) in [5, 5.41) is 53.6. The third kappa shape index (κ3) is 4.07. The molecule has 2 aromatic carbocycles. The summed E-state index contributed by atoms with van der Waals surface area (Å²) < 4.78 is 11.7. The van der Waals surface area contributed by atoms with Crippen LogP contribution in [0.5, 0.6) is 11.5 Å². The zero-order chi connectivity index (χ0) is 28.4. The summed E-state index contributed by atoms with van der Waals surface area (Å²) in [7, 11) is 0. The summed E-state index contributed by atoms with van der Waals surface area (Å²) in [5.41, 5.74) is 1.77. The summed E-state index contributed by atoms with van der Waals surface area (Å²) >= 11 is 0. The zero-order valence-corrected chi connectivity index (χ0v) is 20.8. The van der Waals surface area contributed by atoms with Crippen molar-refractivity contribution in [2.24, 2.45) is 5.73 Å². The minimum Gasteiger partial charge on any atom is -0.507 e. The van der Waals surface area contributed by atoms with Crippen LogP contribution in [0.15, 0.2) is 18.2 Å². The van der Waals surface area contributed by atoms with Gasteiger partial charge in [-0.2, -0.15) is 0 Å². The molecule has 3 aliphatic rings. The van der Waals surface area contributed by atoms with Crippen molar-refractivity contribution in [2.75, 3.05) is 6.61 Å². The fourth-order valence-corrected chi connectivity index (χ4v) is 5.74. The number of carbonyl (C=O) groups is 4. The van der Waals surface area contributed by atoms with Crippen LogP contribution >= 0.6 is 0 Å². The number of phenolic OH excluding ortho intramolecular Hbond substituents is 2. The molecule has 0 bridgehead atoms. The van der Waals surface area contributed by atoms with E-state index in [9.17, 15) is 44.7 Å². The van der Waals surface area contributed by atoms with Crippen LogP contribution in [-0.2, 0) is 20.7 Å². The van der Waals surface area contributed by atoms with E-state index in [1.165, 1.54) is 18.2 Å². The molecule has 5 rings (SSSR count). The highest BCUT2D eigenvalue weighted by atomic mass is 16.7. The maximum absolute atomic E-state index is 13.6. The van der Waals surface area contributed by atoms with Gasteiger partial charge in [0.05, 0.1) is 29.4 Å². The van der Waals surface area contributed by atoms with E-state index >= 15 is 0 Å². The van der Waals surface area contributed by atoms with Crippen LogP contribution in [0.4, 0.5) is 0 Å². The van der Waals surface area contributed by atoms with E-state index in [1.807, 2.05) is 0 Å². The maximum Gasteiger partial charge on any atom is 0.199 e. The van der Waals surface area contributed by atoms with E-state index in [2.05, 4.69) is 0 Å². The first-order valence-electron chi connectivity index (χ1n) is 12.3. The number of rotatable bonds is 5. The number of phenols is 2. The number of nitrogens with two attached hydrogens (primary N) is 1. The number of ketones is 3. The Labute approximate surface area is 221 Å². The van der Waals surface area contributed by atoms with Crippen LogP contribution in [0.2, 0.25) is 0 Å². The smallest absolute Gasteiger partial charge is 0.199 e. The molecule has 2 aromatic rings. The standard InChI is InChI=1S/C27H27NO11/c1-10-22(32)14(28)5-17(38-10)39-15-7-27(37,16(31)9-30)6-13-19(15)26(36)21-20(24(13)34)23(33)12-4-2-3-11(8-29)18(12)25(21)35/h2-4,8,10,14-15,17,22,30,32,34,36-37H,5-7,9,28H2,1H3/t10?,14?,15-,17?,22?,27?/m1/s1. The van der Waals surface area contributed by atoms with Crippen molar-refractivity contribution in [3.8, 4) is 11.5 Å². The molecule has 12 heteroatoms. The third-order valence-corrected chi connectivity index (χ3v) is 7.78. The highest BCUT2D eigenvalue weighted by Gasteiger charge is 2.50. The minimum atomic E-state index is -2.27. The predicted molar refractivity (Wildman–Crippen MR) is 131 cm³/mol. The lowest BCUT2D eigenvalue weighted by Gasteiger charge is -2.42. The molecule has 2 aliphatic carbocycles. The average Bonchev–Trinajstić information content (AvgIpc) is 2.90. The first-order valence-corrected chi connectivity index (χ1v) is 12.3. The van der Waals surface area contributed by atoms with Gasteiger partial charge in [-0.25, -0.2) is 0 Å². The van der Waals surface area contributed by atoms with E-state index in [-0.39, 0.29) is 34.2 Å². The second kappa shape index (κ2) is 9.59. The van der Waals surface area contributed by atoms with E-state index in [4.69, 9.17) is 15.2 Å². The minimum absolute atomic E-state index is 0.00507. The fraction of sp³-hybridized carbons (Fsp3) is 0.407. The number of benzene rings is 2. The summed E-state index contributed by atoms with van der Waals surface area (Å²) in [6.45, 7) is 0.524. The second-order valence-electron chi connectivity index (χ2n) is 10.2. The lowest BCUT2D eigenvalue weighted by atomic mass is 9.71. The van der Waals surface area contributed by atoms with Crippen LogP contribution in [0, 0.1) is 0 Å². The lowest BCUT2D eigenvalue weighted by molar-refractivity contribution is -0.247. The molecule has 0 radical (unpaired) electrons. The molecule has 6 atom stereocenters. The molecule has 12 nitrogen and oxygen atoms in total. The van der Waals surface area contributed by atoms with Crippen molar-refractivity contribution in [3.63, 3.8) is 0 Å². The molecule has 1 fully saturated rings. The van der Waals surface area contributed by atoms with E-state index < -0.39 is 95.7 Å². The molecular formula is C27H27NO11. The van der Waals surface area contributed by atoms with Gasteiger partial charge in [-0.05, 0) is 6.92 Å². The SMILES string of the molecule is CC1OC(O[C@@H]2CC(O)(C(=O)CO)Cc3c(O)c4c(c(O)c32)C(=O)c2c(C=O)cccc2C4=O)CC(N)C1O. The van der Waals surface area contributed by atoms with Gasteiger partial charge in [0, 0.05) is 53.1 Å². The van der Waals surface area contributed by atoms with E-state index in [1.54, 1.807) is 6.92 Å². The average molecular weight is 542 g/mol. The number of aromatic hydroxyl groups is 2. The quantitative estimate of drug-likeness (QED) is 0.183. The second-order valence-corrected chi connectivity index (χ2v) is 10.2. The van der Waals surface area contributed by atoms with Gasteiger partial charge in [0.1, 0.15) is 23.7 Å². The van der Waals surface area contributed by atoms with Gasteiger partial charge in [0.2, 0.25) is 0 Å². The molecule has 0 amide bonds. The topological polar surface area (TPSA) is 214 Å². The summed E-state index contributed by atoms with van der Waals surface area (Å²) in [4.78, 5) is 51.2. The highest BCUT2D eigenvalue weighted by Crippen LogP contribution is 2.52. The monoisotopic (exact) mass is 541 g/mol. The number of carbonyl (C=O) groups excluding carboxylic acids is 4. The molecule has 0 aromatic heterocycles. The van der Waals surface area contributed by atoms with Crippen LogP contribution < -0.4 is 5.73 Å². The van der Waals surface area contributed by atoms with Crippen LogP contribution in [0.3, 0.4) is 0 Å². The van der Waals surface area contributed by atoms with Crippen molar-refractivity contribution in [1.82, 2.24) is 0 Å². The molecule has 0 saturated carbocycles. The Morgan fingerprint density at radius 2 is 1.87 bits per heavy atom. The number of aliphatic hydroxyl groups is 3. The summed E-state index contributed by atoms with van der Waals surface area (Å²) in [6, 6.07) is 3.29. The molecule has 1 aliphatic heterocycles. The Kier molecular flexibility index (Phi) is 6.66. The van der Waals surface area contributed by atoms with Crippen molar-refractivity contribution in [3.05, 3.63) is 57.1 Å². The van der Waals surface area contributed by atoms with Crippen molar-refractivity contribution < 1.29 is 54.2 Å². The number of hydrogen-bond acceptors (Lipinski definition) is 12. The molecule has 0 spiro atoms. The van der Waals surface area contributed by atoms with Crippen LogP contribution in [0.1, 0.15) is 79.2 Å². The first-order chi connectivity index (χ1) is 18.4. The largest absolute Gasteiger partial charge is 0.507 e. The van der Waals surface area contributed by atoms with Crippen molar-refractivity contribution in [1.29, 1.82) is 0 Å². The van der Waals surface area contributed by atoms with Crippen molar-refractivity contribution in [2.45, 2.75) is 62.4 Å². The van der Waals surface area contributed by atoms with Gasteiger partial charge in [-0.3, -0.25) is 19.2 Å². The van der Waals surface area contributed by atoms with Crippen molar-refractivity contribution >= 4 is 23.6 Å². The fourth-order valence-electron chi connectivity index (χ4n) is 5.74. The van der Waals surface area contributed by atoms with E-state index in [0.717, 1.165) is 0 Å². The number of fused-ring (bicyclic) bond motifs is 3. The molecule has 206 valence electrons. The van der Waals surface area contributed by atoms with Gasteiger partial charge < -0.3 is 40.7 Å². The maximum atomic E-state index is 13.6. The molecule has 5 unspecified atom stereocenters.